The molecule has 0 unspecified atom stereocenters. The van der Waals surface area contributed by atoms with E-state index in [1.165, 1.54) is 6.07 Å². The van der Waals surface area contributed by atoms with Crippen molar-refractivity contribution in [3.8, 4) is 0 Å². The Kier molecular flexibility index (Phi) is 11.1. The molecule has 0 aromatic heterocycles. The van der Waals surface area contributed by atoms with Gasteiger partial charge in [-0.15, -0.1) is 24.0 Å². The standard InChI is InChI=1S/C14H23FN4O2S.HI/c1-3-16-14(17-9-6-10-19-22(2,20)21)18-11-12-7-4-5-8-13(12)15;/h4-5,7-8,19H,3,6,9-11H2,1-2H3,(H2,16,17,18);1H. The molecule has 1 aromatic carbocycles. The van der Waals surface area contributed by atoms with Gasteiger partial charge < -0.3 is 10.6 Å². The second-order valence-electron chi connectivity index (χ2n) is 4.73. The summed E-state index contributed by atoms with van der Waals surface area (Å²) in [6, 6.07) is 6.51. The summed E-state index contributed by atoms with van der Waals surface area (Å²) in [7, 11) is -3.15. The fourth-order valence-corrected chi connectivity index (χ4v) is 2.20. The molecule has 0 heterocycles. The fraction of sp³-hybridized carbons (Fsp3) is 0.500. The van der Waals surface area contributed by atoms with Crippen LogP contribution >= 0.6 is 24.0 Å². The van der Waals surface area contributed by atoms with Crippen molar-refractivity contribution in [1.82, 2.24) is 15.4 Å². The van der Waals surface area contributed by atoms with Crippen molar-refractivity contribution in [3.05, 3.63) is 35.6 Å². The quantitative estimate of drug-likeness (QED) is 0.238. The number of guanidine groups is 1. The van der Waals surface area contributed by atoms with Crippen LogP contribution in [-0.4, -0.2) is 40.3 Å². The second-order valence-corrected chi connectivity index (χ2v) is 6.57. The van der Waals surface area contributed by atoms with E-state index in [9.17, 15) is 12.8 Å². The van der Waals surface area contributed by atoms with E-state index >= 15 is 0 Å². The molecule has 0 fully saturated rings. The smallest absolute Gasteiger partial charge is 0.208 e. The lowest BCUT2D eigenvalue weighted by molar-refractivity contribution is 0.584. The predicted octanol–water partition coefficient (Wildman–Crippen LogP) is 1.44. The number of rotatable bonds is 8. The highest BCUT2D eigenvalue weighted by molar-refractivity contribution is 14.0. The number of hydrogen-bond acceptors (Lipinski definition) is 3. The van der Waals surface area contributed by atoms with Gasteiger partial charge in [-0.05, 0) is 19.4 Å². The Hall–Kier alpha value is -0.940. The molecular weight excluding hydrogens is 434 g/mol. The minimum absolute atomic E-state index is 0. The third-order valence-electron chi connectivity index (χ3n) is 2.72. The molecule has 3 N–H and O–H groups in total. The van der Waals surface area contributed by atoms with Crippen LogP contribution in [0, 0.1) is 5.82 Å². The number of sulfonamides is 1. The molecular formula is C14H24FIN4O2S. The van der Waals surface area contributed by atoms with Gasteiger partial charge >= 0.3 is 0 Å². The molecule has 0 aliphatic carbocycles. The number of halogens is 2. The van der Waals surface area contributed by atoms with Crippen molar-refractivity contribution in [1.29, 1.82) is 0 Å². The van der Waals surface area contributed by atoms with Crippen molar-refractivity contribution in [3.63, 3.8) is 0 Å². The molecule has 0 aliphatic heterocycles. The van der Waals surface area contributed by atoms with Gasteiger partial charge in [0.2, 0.25) is 10.0 Å². The molecule has 1 rings (SSSR count). The fourth-order valence-electron chi connectivity index (χ4n) is 1.69. The first-order chi connectivity index (χ1) is 10.4. The van der Waals surface area contributed by atoms with E-state index in [1.54, 1.807) is 18.2 Å². The minimum atomic E-state index is -3.15. The molecule has 0 bridgehead atoms. The molecule has 0 saturated heterocycles. The molecule has 0 radical (unpaired) electrons. The van der Waals surface area contributed by atoms with E-state index < -0.39 is 10.0 Å². The van der Waals surface area contributed by atoms with Crippen LogP contribution in [0.4, 0.5) is 4.39 Å². The molecule has 9 heteroatoms. The highest BCUT2D eigenvalue weighted by atomic mass is 127. The van der Waals surface area contributed by atoms with Gasteiger partial charge in [0.05, 0.1) is 12.8 Å². The van der Waals surface area contributed by atoms with Crippen molar-refractivity contribution in [2.75, 3.05) is 25.9 Å². The van der Waals surface area contributed by atoms with Crippen LogP contribution in [0.5, 0.6) is 0 Å². The number of benzene rings is 1. The monoisotopic (exact) mass is 458 g/mol. The van der Waals surface area contributed by atoms with Gasteiger partial charge in [0, 0.05) is 25.2 Å². The topological polar surface area (TPSA) is 82.6 Å². The summed E-state index contributed by atoms with van der Waals surface area (Å²) in [6.45, 7) is 3.78. The Balaban J connectivity index is 0.00000484. The zero-order valence-electron chi connectivity index (χ0n) is 13.3. The summed E-state index contributed by atoms with van der Waals surface area (Å²) in [5.41, 5.74) is 0.526. The van der Waals surface area contributed by atoms with Crippen LogP contribution in [0.25, 0.3) is 0 Å². The summed E-state index contributed by atoms with van der Waals surface area (Å²) in [5, 5.41) is 6.14. The van der Waals surface area contributed by atoms with E-state index in [2.05, 4.69) is 20.3 Å². The average Bonchev–Trinajstić information content (AvgIpc) is 2.44. The Bertz CT molecular complexity index is 596. The zero-order valence-corrected chi connectivity index (χ0v) is 16.4. The Labute approximate surface area is 154 Å². The Morgan fingerprint density at radius 1 is 1.22 bits per heavy atom. The summed E-state index contributed by atoms with van der Waals surface area (Å²) in [5.74, 6) is 0.296. The number of nitrogens with zero attached hydrogens (tertiary/aromatic N) is 1. The number of aliphatic imine (C=N–C) groups is 1. The van der Waals surface area contributed by atoms with Crippen LogP contribution in [-0.2, 0) is 16.6 Å². The van der Waals surface area contributed by atoms with Gasteiger partial charge in [0.25, 0.3) is 0 Å². The second kappa shape index (κ2) is 11.6. The maximum atomic E-state index is 13.5. The van der Waals surface area contributed by atoms with Gasteiger partial charge in [-0.25, -0.2) is 22.5 Å². The lowest BCUT2D eigenvalue weighted by Crippen LogP contribution is -2.38. The van der Waals surface area contributed by atoms with Crippen LogP contribution in [0.3, 0.4) is 0 Å². The maximum absolute atomic E-state index is 13.5. The van der Waals surface area contributed by atoms with E-state index in [0.717, 1.165) is 6.26 Å². The van der Waals surface area contributed by atoms with Gasteiger partial charge in [-0.3, -0.25) is 0 Å². The minimum Gasteiger partial charge on any atom is -0.357 e. The van der Waals surface area contributed by atoms with Crippen LogP contribution < -0.4 is 15.4 Å². The third kappa shape index (κ3) is 10.4. The SMILES string of the molecule is CCNC(=NCc1ccccc1F)NCCCNS(C)(=O)=O.I. The summed E-state index contributed by atoms with van der Waals surface area (Å²) in [6.07, 6.45) is 1.75. The van der Waals surface area contributed by atoms with Gasteiger partial charge in [-0.1, -0.05) is 18.2 Å². The highest BCUT2D eigenvalue weighted by Gasteiger charge is 2.02. The van der Waals surface area contributed by atoms with Gasteiger partial charge in [0.1, 0.15) is 5.82 Å². The van der Waals surface area contributed by atoms with Gasteiger partial charge in [-0.2, -0.15) is 0 Å². The molecule has 0 saturated carbocycles. The lowest BCUT2D eigenvalue weighted by Gasteiger charge is -2.11. The zero-order chi connectivity index (χ0) is 16.4. The number of hydrogen-bond donors (Lipinski definition) is 3. The molecule has 23 heavy (non-hydrogen) atoms. The van der Waals surface area contributed by atoms with Crippen LogP contribution in [0.1, 0.15) is 18.9 Å². The molecule has 0 atom stereocenters. The lowest BCUT2D eigenvalue weighted by atomic mass is 10.2. The van der Waals surface area contributed by atoms with E-state index in [4.69, 9.17) is 0 Å². The van der Waals surface area contributed by atoms with Gasteiger partial charge in [0.15, 0.2) is 5.96 Å². The van der Waals surface area contributed by atoms with Crippen molar-refractivity contribution >= 4 is 40.0 Å². The van der Waals surface area contributed by atoms with E-state index in [-0.39, 0.29) is 36.3 Å². The van der Waals surface area contributed by atoms with E-state index in [0.29, 0.717) is 37.6 Å². The van der Waals surface area contributed by atoms with Crippen molar-refractivity contribution < 1.29 is 12.8 Å². The number of nitrogens with one attached hydrogen (secondary N) is 3. The summed E-state index contributed by atoms with van der Waals surface area (Å²) >= 11 is 0. The molecule has 132 valence electrons. The van der Waals surface area contributed by atoms with Crippen LogP contribution in [0.2, 0.25) is 0 Å². The molecule has 1 aromatic rings. The Morgan fingerprint density at radius 3 is 2.52 bits per heavy atom. The van der Waals surface area contributed by atoms with E-state index in [1.807, 2.05) is 6.92 Å². The maximum Gasteiger partial charge on any atom is 0.208 e. The highest BCUT2D eigenvalue weighted by Crippen LogP contribution is 2.07. The normalized spacial score (nSPS) is 11.7. The molecule has 6 nitrogen and oxygen atoms in total. The average molecular weight is 458 g/mol. The Morgan fingerprint density at radius 2 is 1.91 bits per heavy atom. The van der Waals surface area contributed by atoms with Crippen molar-refractivity contribution in [2.45, 2.75) is 19.9 Å². The predicted molar refractivity (Wildman–Crippen MR) is 102 cm³/mol. The molecule has 0 spiro atoms. The molecule has 0 amide bonds. The first-order valence-corrected chi connectivity index (χ1v) is 9.01. The first kappa shape index (κ1) is 22.1. The van der Waals surface area contributed by atoms with Crippen LogP contribution in [0.15, 0.2) is 29.3 Å². The van der Waals surface area contributed by atoms with Crippen molar-refractivity contribution in [2.24, 2.45) is 4.99 Å². The summed E-state index contributed by atoms with van der Waals surface area (Å²) in [4.78, 5) is 4.31. The third-order valence-corrected chi connectivity index (χ3v) is 3.45. The molecule has 0 aliphatic rings. The summed E-state index contributed by atoms with van der Waals surface area (Å²) < 4.78 is 37.8. The largest absolute Gasteiger partial charge is 0.357 e. The first-order valence-electron chi connectivity index (χ1n) is 7.12.